The summed E-state index contributed by atoms with van der Waals surface area (Å²) in [4.78, 5) is 43.9. The van der Waals surface area contributed by atoms with E-state index in [1.807, 2.05) is 4.90 Å². The monoisotopic (exact) mass is 488 g/mol. The molecule has 0 saturated carbocycles. The Balaban J connectivity index is 1.25. The molecule has 4 aromatic heterocycles. The molecular weight excluding hydrogens is 467 g/mol. The van der Waals surface area contributed by atoms with Crippen molar-refractivity contribution in [2.24, 2.45) is 0 Å². The molecule has 0 unspecified atom stereocenters. The number of carbonyl (C=O) groups excluding carboxylic acids is 1. The lowest BCUT2D eigenvalue weighted by molar-refractivity contribution is 0.0958. The van der Waals surface area contributed by atoms with E-state index in [1.165, 1.54) is 22.3 Å². The number of benzene rings is 1. The molecule has 0 saturated heterocycles. The highest BCUT2D eigenvalue weighted by atomic mass is 19.1. The van der Waals surface area contributed by atoms with E-state index in [-0.39, 0.29) is 22.7 Å². The fraction of sp³-hybridized carbons (Fsp3) is 0.208. The van der Waals surface area contributed by atoms with E-state index < -0.39 is 11.4 Å². The first-order chi connectivity index (χ1) is 17.3. The van der Waals surface area contributed by atoms with Gasteiger partial charge in [0.05, 0.1) is 17.4 Å². The van der Waals surface area contributed by atoms with Crippen molar-refractivity contribution in [1.29, 1.82) is 0 Å². The Morgan fingerprint density at radius 1 is 1.14 bits per heavy atom. The molecular formula is C24H21FN8O3. The van der Waals surface area contributed by atoms with Crippen molar-refractivity contribution in [2.75, 3.05) is 7.05 Å². The molecule has 3 N–H and O–H groups in total. The summed E-state index contributed by atoms with van der Waals surface area (Å²) >= 11 is 0. The lowest BCUT2D eigenvalue weighted by atomic mass is 10.1. The second-order valence-corrected chi connectivity index (χ2v) is 8.83. The Kier molecular flexibility index (Phi) is 4.86. The first kappa shape index (κ1) is 21.9. The molecule has 1 amide bonds. The SMILES string of the molecule is CNC(=O)c1ccc(-n2cc3c(n2)CN(Cc2ccc4c([nH]c(=O)c5c(C)cnn54)c2F)C3)c(=O)[nH]1. The minimum absolute atomic E-state index is 0.120. The van der Waals surface area contributed by atoms with Crippen molar-refractivity contribution in [1.82, 2.24) is 39.6 Å². The van der Waals surface area contributed by atoms with E-state index in [1.54, 1.807) is 37.5 Å². The summed E-state index contributed by atoms with van der Waals surface area (Å²) in [5.41, 5.74) is 3.54. The van der Waals surface area contributed by atoms with Crippen molar-refractivity contribution in [2.45, 2.75) is 26.6 Å². The van der Waals surface area contributed by atoms with E-state index >= 15 is 4.39 Å². The number of pyridine rings is 1. The first-order valence-corrected chi connectivity index (χ1v) is 11.3. The molecule has 12 heteroatoms. The number of fused-ring (bicyclic) bond motifs is 4. The zero-order valence-electron chi connectivity index (χ0n) is 19.4. The molecule has 0 aliphatic carbocycles. The molecule has 36 heavy (non-hydrogen) atoms. The highest BCUT2D eigenvalue weighted by molar-refractivity contribution is 5.92. The molecule has 1 aliphatic heterocycles. The van der Waals surface area contributed by atoms with Gasteiger partial charge in [-0.05, 0) is 25.1 Å². The minimum atomic E-state index is -0.489. The summed E-state index contributed by atoms with van der Waals surface area (Å²) in [7, 11) is 1.49. The summed E-state index contributed by atoms with van der Waals surface area (Å²) < 4.78 is 18.4. The zero-order chi connectivity index (χ0) is 25.1. The molecule has 1 aromatic carbocycles. The molecule has 11 nitrogen and oxygen atoms in total. The number of H-pyrrole nitrogens is 2. The second kappa shape index (κ2) is 7.99. The standard InChI is InChI=1S/C24H21FN8O3/c1-12-7-27-33-17-5-3-13(19(25)20(17)29-24(36)21(12)33)8-31-9-14-10-32(30-16(14)11-31)18-6-4-15(22(34)26-2)28-23(18)35/h3-7,10H,8-9,11H2,1-2H3,(H,26,34)(H,28,35)(H,29,36). The normalized spacial score (nSPS) is 13.5. The van der Waals surface area contributed by atoms with Gasteiger partial charge in [-0.1, -0.05) is 6.07 Å². The van der Waals surface area contributed by atoms with E-state index in [4.69, 9.17) is 0 Å². The molecule has 0 spiro atoms. The predicted octanol–water partition coefficient (Wildman–Crippen LogP) is 1.37. The van der Waals surface area contributed by atoms with Gasteiger partial charge in [-0.3, -0.25) is 19.3 Å². The van der Waals surface area contributed by atoms with Gasteiger partial charge in [0, 0.05) is 49.6 Å². The lowest BCUT2D eigenvalue weighted by Gasteiger charge is -2.16. The fourth-order valence-corrected chi connectivity index (χ4v) is 4.70. The van der Waals surface area contributed by atoms with Crippen LogP contribution < -0.4 is 16.4 Å². The number of nitrogens with one attached hydrogen (secondary N) is 3. The number of aryl methyl sites for hydroxylation is 1. The van der Waals surface area contributed by atoms with Crippen LogP contribution in [0, 0.1) is 12.7 Å². The Morgan fingerprint density at radius 2 is 1.97 bits per heavy atom. The van der Waals surface area contributed by atoms with Gasteiger partial charge in [0.15, 0.2) is 5.82 Å². The summed E-state index contributed by atoms with van der Waals surface area (Å²) in [5.74, 6) is -0.872. The average Bonchev–Trinajstić information content (AvgIpc) is 3.54. The van der Waals surface area contributed by atoms with Crippen LogP contribution in [0.5, 0.6) is 0 Å². The Morgan fingerprint density at radius 3 is 2.72 bits per heavy atom. The summed E-state index contributed by atoms with van der Waals surface area (Å²) in [5, 5.41) is 11.2. The molecule has 1 aliphatic rings. The second-order valence-electron chi connectivity index (χ2n) is 8.83. The topological polar surface area (TPSA) is 133 Å². The average molecular weight is 488 g/mol. The summed E-state index contributed by atoms with van der Waals surface area (Å²) in [6.07, 6.45) is 3.35. The number of nitrogens with zero attached hydrogens (tertiary/aromatic N) is 5. The van der Waals surface area contributed by atoms with E-state index in [9.17, 15) is 14.4 Å². The Bertz CT molecular complexity index is 1790. The van der Waals surface area contributed by atoms with Gasteiger partial charge in [0.1, 0.15) is 22.4 Å². The van der Waals surface area contributed by atoms with Gasteiger partial charge in [0.25, 0.3) is 17.0 Å². The predicted molar refractivity (Wildman–Crippen MR) is 129 cm³/mol. The largest absolute Gasteiger partial charge is 0.354 e. The van der Waals surface area contributed by atoms with E-state index in [2.05, 4.69) is 25.5 Å². The van der Waals surface area contributed by atoms with E-state index in [0.29, 0.717) is 41.9 Å². The van der Waals surface area contributed by atoms with Crippen molar-refractivity contribution >= 4 is 22.5 Å². The van der Waals surface area contributed by atoms with Crippen LogP contribution in [0.3, 0.4) is 0 Å². The van der Waals surface area contributed by atoms with Crippen LogP contribution in [-0.4, -0.2) is 47.2 Å². The van der Waals surface area contributed by atoms with Gasteiger partial charge in [-0.15, -0.1) is 0 Å². The van der Waals surface area contributed by atoms with Crippen LogP contribution in [0.25, 0.3) is 22.2 Å². The highest BCUT2D eigenvalue weighted by Gasteiger charge is 2.25. The van der Waals surface area contributed by atoms with Crippen LogP contribution >= 0.6 is 0 Å². The Hall–Kier alpha value is -4.58. The van der Waals surface area contributed by atoms with Gasteiger partial charge in [0.2, 0.25) is 0 Å². The van der Waals surface area contributed by atoms with Gasteiger partial charge in [-0.25, -0.2) is 13.6 Å². The van der Waals surface area contributed by atoms with Crippen LogP contribution in [0.1, 0.15) is 32.9 Å². The van der Waals surface area contributed by atoms with Crippen LogP contribution in [-0.2, 0) is 19.6 Å². The highest BCUT2D eigenvalue weighted by Crippen LogP contribution is 2.27. The summed E-state index contributed by atoms with van der Waals surface area (Å²) in [6.45, 7) is 3.10. The molecule has 0 atom stereocenters. The molecule has 6 rings (SSSR count). The smallest absolute Gasteiger partial charge is 0.274 e. The maximum Gasteiger partial charge on any atom is 0.274 e. The number of halogens is 1. The number of aromatic nitrogens is 6. The third-order valence-corrected chi connectivity index (χ3v) is 6.48. The van der Waals surface area contributed by atoms with Gasteiger partial charge < -0.3 is 15.3 Å². The number of hydrogen-bond acceptors (Lipinski definition) is 6. The fourth-order valence-electron chi connectivity index (χ4n) is 4.70. The van der Waals surface area contributed by atoms with Crippen molar-refractivity contribution in [3.05, 3.63) is 91.3 Å². The molecule has 5 aromatic rings. The third-order valence-electron chi connectivity index (χ3n) is 6.48. The minimum Gasteiger partial charge on any atom is -0.354 e. The lowest BCUT2D eigenvalue weighted by Crippen LogP contribution is -2.24. The van der Waals surface area contributed by atoms with Crippen molar-refractivity contribution < 1.29 is 9.18 Å². The van der Waals surface area contributed by atoms with E-state index in [0.717, 1.165) is 16.8 Å². The zero-order valence-corrected chi connectivity index (χ0v) is 19.4. The molecule has 0 bridgehead atoms. The first-order valence-electron chi connectivity index (χ1n) is 11.3. The van der Waals surface area contributed by atoms with Crippen molar-refractivity contribution in [3.8, 4) is 5.69 Å². The molecule has 5 heterocycles. The van der Waals surface area contributed by atoms with Gasteiger partial charge >= 0.3 is 0 Å². The van der Waals surface area contributed by atoms with Crippen LogP contribution in [0.4, 0.5) is 4.39 Å². The van der Waals surface area contributed by atoms with Gasteiger partial charge in [-0.2, -0.15) is 10.2 Å². The third kappa shape index (κ3) is 3.33. The number of carbonyl (C=O) groups is 1. The number of aromatic amines is 2. The maximum atomic E-state index is 15.4. The van der Waals surface area contributed by atoms with Crippen molar-refractivity contribution in [3.63, 3.8) is 0 Å². The maximum absolute atomic E-state index is 15.4. The number of amides is 1. The molecule has 182 valence electrons. The number of rotatable bonds is 4. The molecule has 0 fully saturated rings. The van der Waals surface area contributed by atoms with Crippen LogP contribution in [0.15, 0.2) is 46.2 Å². The Labute approximate surface area is 202 Å². The number of hydrogen-bond donors (Lipinski definition) is 3. The van der Waals surface area contributed by atoms with Crippen LogP contribution in [0.2, 0.25) is 0 Å². The quantitative estimate of drug-likeness (QED) is 0.350. The molecule has 0 radical (unpaired) electrons. The summed E-state index contributed by atoms with van der Waals surface area (Å²) in [6, 6.07) is 6.54.